The molecule has 1 heterocycles. The van der Waals surface area contributed by atoms with E-state index in [2.05, 4.69) is 26.2 Å². The molecule has 72 valence electrons. The Labute approximate surface area is 90.5 Å². The van der Waals surface area contributed by atoms with E-state index in [9.17, 15) is 0 Å². The predicted molar refractivity (Wildman–Crippen MR) is 63.4 cm³/mol. The van der Waals surface area contributed by atoms with Gasteiger partial charge in [-0.2, -0.15) is 0 Å². The number of anilines is 2. The Hall–Kier alpha value is -1.29. The predicted octanol–water partition coefficient (Wildman–Crippen LogP) is 2.62. The van der Waals surface area contributed by atoms with Gasteiger partial charge in [-0.25, -0.2) is 0 Å². The Morgan fingerprint density at radius 1 is 1.43 bits per heavy atom. The average molecular weight is 252 g/mol. The lowest BCUT2D eigenvalue weighted by Gasteiger charge is -2.08. The van der Waals surface area contributed by atoms with E-state index in [-0.39, 0.29) is 0 Å². The minimum absolute atomic E-state index is 0.665. The van der Waals surface area contributed by atoms with Gasteiger partial charge in [-0.05, 0) is 18.2 Å². The van der Waals surface area contributed by atoms with E-state index in [0.29, 0.717) is 5.69 Å². The topological polar surface area (TPSA) is 50.9 Å². The minimum Gasteiger partial charge on any atom is -0.396 e. The maximum atomic E-state index is 5.81. The number of nitrogens with two attached hydrogens (primary N) is 1. The number of pyridine rings is 1. The van der Waals surface area contributed by atoms with Crippen LogP contribution in [0.5, 0.6) is 0 Å². The number of nitrogens with one attached hydrogen (secondary N) is 1. The molecular weight excluding hydrogens is 242 g/mol. The highest BCUT2D eigenvalue weighted by Gasteiger charge is 2.04. The van der Waals surface area contributed by atoms with E-state index < -0.39 is 0 Å². The standard InChI is InChI=1S/C10H10BrN3/c1-13-10-7-4-6(11)2-3-9(7)14-5-8(10)12/h2-5H,12H2,1H3,(H,13,14). The second kappa shape index (κ2) is 3.46. The van der Waals surface area contributed by atoms with Crippen molar-refractivity contribution in [1.29, 1.82) is 0 Å². The van der Waals surface area contributed by atoms with Gasteiger partial charge >= 0.3 is 0 Å². The first-order valence-corrected chi connectivity index (χ1v) is 5.03. The van der Waals surface area contributed by atoms with Gasteiger partial charge in [0.1, 0.15) is 0 Å². The van der Waals surface area contributed by atoms with Crippen molar-refractivity contribution >= 4 is 38.2 Å². The van der Waals surface area contributed by atoms with Crippen LogP contribution in [0.1, 0.15) is 0 Å². The van der Waals surface area contributed by atoms with Gasteiger partial charge < -0.3 is 11.1 Å². The molecule has 1 aromatic heterocycles. The lowest BCUT2D eigenvalue weighted by atomic mass is 10.1. The summed E-state index contributed by atoms with van der Waals surface area (Å²) in [4.78, 5) is 4.24. The molecule has 4 heteroatoms. The zero-order valence-corrected chi connectivity index (χ0v) is 9.30. The number of hydrogen-bond donors (Lipinski definition) is 2. The molecule has 14 heavy (non-hydrogen) atoms. The molecule has 0 amide bonds. The van der Waals surface area contributed by atoms with Crippen LogP contribution >= 0.6 is 15.9 Å². The fraction of sp³-hybridized carbons (Fsp3) is 0.100. The van der Waals surface area contributed by atoms with E-state index in [1.54, 1.807) is 6.20 Å². The number of nitrogens with zero attached hydrogens (tertiary/aromatic N) is 1. The number of halogens is 1. The quantitative estimate of drug-likeness (QED) is 0.820. The molecule has 0 fully saturated rings. The van der Waals surface area contributed by atoms with Crippen LogP contribution in [0.2, 0.25) is 0 Å². The summed E-state index contributed by atoms with van der Waals surface area (Å²) in [5.74, 6) is 0. The largest absolute Gasteiger partial charge is 0.396 e. The van der Waals surface area contributed by atoms with Crippen molar-refractivity contribution < 1.29 is 0 Å². The maximum Gasteiger partial charge on any atom is 0.0742 e. The zero-order chi connectivity index (χ0) is 10.1. The van der Waals surface area contributed by atoms with E-state index >= 15 is 0 Å². The van der Waals surface area contributed by atoms with Crippen molar-refractivity contribution in [2.75, 3.05) is 18.1 Å². The van der Waals surface area contributed by atoms with Gasteiger partial charge in [0.05, 0.1) is 23.1 Å². The lowest BCUT2D eigenvalue weighted by molar-refractivity contribution is 1.39. The highest BCUT2D eigenvalue weighted by Crippen LogP contribution is 2.29. The third kappa shape index (κ3) is 1.42. The minimum atomic E-state index is 0.665. The molecular formula is C10H10BrN3. The molecule has 0 atom stereocenters. The molecule has 3 nitrogen and oxygen atoms in total. The monoisotopic (exact) mass is 251 g/mol. The first-order valence-electron chi connectivity index (χ1n) is 4.24. The fourth-order valence-electron chi connectivity index (χ4n) is 1.46. The van der Waals surface area contributed by atoms with E-state index in [1.165, 1.54) is 0 Å². The Balaban J connectivity index is 2.84. The van der Waals surface area contributed by atoms with Crippen molar-refractivity contribution in [3.05, 3.63) is 28.9 Å². The van der Waals surface area contributed by atoms with Crippen molar-refractivity contribution in [1.82, 2.24) is 4.98 Å². The highest BCUT2D eigenvalue weighted by atomic mass is 79.9. The SMILES string of the molecule is CNc1c(N)cnc2ccc(Br)cc12. The van der Waals surface area contributed by atoms with Gasteiger partial charge in [0.25, 0.3) is 0 Å². The third-order valence-electron chi connectivity index (χ3n) is 2.11. The van der Waals surface area contributed by atoms with E-state index in [0.717, 1.165) is 21.1 Å². The second-order valence-corrected chi connectivity index (χ2v) is 3.92. The summed E-state index contributed by atoms with van der Waals surface area (Å²) < 4.78 is 1.02. The van der Waals surface area contributed by atoms with Gasteiger partial charge in [0.2, 0.25) is 0 Å². The van der Waals surface area contributed by atoms with Crippen LogP contribution in [0.25, 0.3) is 10.9 Å². The first-order chi connectivity index (χ1) is 6.72. The summed E-state index contributed by atoms with van der Waals surface area (Å²) in [7, 11) is 1.85. The third-order valence-corrected chi connectivity index (χ3v) is 2.60. The van der Waals surface area contributed by atoms with Gasteiger partial charge in [-0.1, -0.05) is 15.9 Å². The summed E-state index contributed by atoms with van der Waals surface area (Å²) in [6, 6.07) is 5.93. The number of rotatable bonds is 1. The Morgan fingerprint density at radius 2 is 2.21 bits per heavy atom. The molecule has 2 rings (SSSR count). The van der Waals surface area contributed by atoms with Crippen LogP contribution < -0.4 is 11.1 Å². The summed E-state index contributed by atoms with van der Waals surface area (Å²) in [6.45, 7) is 0. The molecule has 0 spiro atoms. The first kappa shape index (κ1) is 9.27. The van der Waals surface area contributed by atoms with Crippen molar-refractivity contribution in [3.8, 4) is 0 Å². The van der Waals surface area contributed by atoms with Crippen LogP contribution in [-0.2, 0) is 0 Å². The van der Waals surface area contributed by atoms with Crippen LogP contribution in [0.3, 0.4) is 0 Å². The number of aromatic nitrogens is 1. The molecule has 0 aliphatic carbocycles. The zero-order valence-electron chi connectivity index (χ0n) is 7.71. The molecule has 0 aliphatic heterocycles. The molecule has 0 saturated carbocycles. The highest BCUT2D eigenvalue weighted by molar-refractivity contribution is 9.10. The van der Waals surface area contributed by atoms with Crippen LogP contribution in [0.15, 0.2) is 28.9 Å². The van der Waals surface area contributed by atoms with E-state index in [1.807, 2.05) is 25.2 Å². The van der Waals surface area contributed by atoms with Crippen LogP contribution in [0.4, 0.5) is 11.4 Å². The van der Waals surface area contributed by atoms with Crippen LogP contribution in [0, 0.1) is 0 Å². The normalized spacial score (nSPS) is 10.4. The Kier molecular flexibility index (Phi) is 2.29. The summed E-state index contributed by atoms with van der Waals surface area (Å²) in [6.07, 6.45) is 1.67. The summed E-state index contributed by atoms with van der Waals surface area (Å²) in [5.41, 5.74) is 8.34. The molecule has 0 radical (unpaired) electrons. The van der Waals surface area contributed by atoms with E-state index in [4.69, 9.17) is 5.73 Å². The lowest BCUT2D eigenvalue weighted by Crippen LogP contribution is -1.97. The molecule has 0 aliphatic rings. The van der Waals surface area contributed by atoms with Gasteiger partial charge in [0, 0.05) is 16.9 Å². The van der Waals surface area contributed by atoms with Crippen molar-refractivity contribution in [2.45, 2.75) is 0 Å². The van der Waals surface area contributed by atoms with Gasteiger partial charge in [0.15, 0.2) is 0 Å². The number of nitrogen functional groups attached to an aromatic ring is 1. The van der Waals surface area contributed by atoms with Crippen LogP contribution in [-0.4, -0.2) is 12.0 Å². The maximum absolute atomic E-state index is 5.81. The summed E-state index contributed by atoms with van der Waals surface area (Å²) >= 11 is 3.42. The van der Waals surface area contributed by atoms with Crippen molar-refractivity contribution in [3.63, 3.8) is 0 Å². The Morgan fingerprint density at radius 3 is 2.93 bits per heavy atom. The Bertz CT molecular complexity index is 477. The molecule has 0 unspecified atom stereocenters. The number of hydrogen-bond acceptors (Lipinski definition) is 3. The molecule has 1 aromatic carbocycles. The van der Waals surface area contributed by atoms with Gasteiger partial charge in [-0.15, -0.1) is 0 Å². The smallest absolute Gasteiger partial charge is 0.0742 e. The van der Waals surface area contributed by atoms with Gasteiger partial charge in [-0.3, -0.25) is 4.98 Å². The average Bonchev–Trinajstić information content (AvgIpc) is 2.17. The molecule has 0 saturated heterocycles. The van der Waals surface area contributed by atoms with Crippen molar-refractivity contribution in [2.24, 2.45) is 0 Å². The number of benzene rings is 1. The second-order valence-electron chi connectivity index (χ2n) is 3.00. The molecule has 2 aromatic rings. The fourth-order valence-corrected chi connectivity index (χ4v) is 1.82. The number of fused-ring (bicyclic) bond motifs is 1. The molecule has 0 bridgehead atoms. The summed E-state index contributed by atoms with van der Waals surface area (Å²) in [5, 5.41) is 4.11. The molecule has 3 N–H and O–H groups in total.